The normalized spacial score (nSPS) is 13.6. The summed E-state index contributed by atoms with van der Waals surface area (Å²) in [5.74, 6) is -0.343. The van der Waals surface area contributed by atoms with Crippen LogP contribution in [0.1, 0.15) is 41.5 Å². The van der Waals surface area contributed by atoms with Gasteiger partial charge in [0.05, 0.1) is 11.6 Å². The van der Waals surface area contributed by atoms with E-state index in [-0.39, 0.29) is 17.9 Å². The first-order valence-electron chi connectivity index (χ1n) is 7.52. The van der Waals surface area contributed by atoms with Crippen LogP contribution in [0, 0.1) is 13.8 Å². The molecule has 0 aliphatic heterocycles. The smallest absolute Gasteiger partial charge is 0.227 e. The van der Waals surface area contributed by atoms with E-state index in [0.717, 1.165) is 22.5 Å². The zero-order valence-electron chi connectivity index (χ0n) is 13.8. The van der Waals surface area contributed by atoms with E-state index < -0.39 is 0 Å². The van der Waals surface area contributed by atoms with E-state index in [1.54, 1.807) is 7.11 Å². The van der Waals surface area contributed by atoms with Crippen molar-refractivity contribution < 1.29 is 9.53 Å². The molecule has 0 bridgehead atoms. The Morgan fingerprint density at radius 1 is 1.39 bits per heavy atom. The third kappa shape index (κ3) is 3.92. The van der Waals surface area contributed by atoms with Crippen LogP contribution in [0.25, 0.3) is 0 Å². The number of nitrogens with one attached hydrogen (secondary N) is 2. The van der Waals surface area contributed by atoms with Gasteiger partial charge in [-0.1, -0.05) is 29.8 Å². The van der Waals surface area contributed by atoms with Gasteiger partial charge in [0.25, 0.3) is 0 Å². The number of ether oxygens (including phenoxy) is 1. The summed E-state index contributed by atoms with van der Waals surface area (Å²) < 4.78 is 5.47. The van der Waals surface area contributed by atoms with Gasteiger partial charge in [0.15, 0.2) is 0 Å². The summed E-state index contributed by atoms with van der Waals surface area (Å²) in [6, 6.07) is 7.47. The standard InChI is InChI=1S/C17H22ClN3O2/c1-10(16-11(2)20-21-12(16)3)17(22)19-9-15(23-4)13-7-5-6-8-14(13)18/h5-8,10,15H,9H2,1-4H3,(H,19,22)(H,20,21)/t10-,15+/m0/s1. The van der Waals surface area contributed by atoms with Gasteiger partial charge in [0.2, 0.25) is 5.91 Å². The minimum absolute atomic E-state index is 0.0632. The van der Waals surface area contributed by atoms with Crippen LogP contribution < -0.4 is 5.32 Å². The minimum atomic E-state index is -0.286. The molecule has 1 aromatic carbocycles. The number of hydrogen-bond acceptors (Lipinski definition) is 3. The SMILES string of the molecule is CO[C@H](CNC(=O)[C@@H](C)c1c(C)n[nH]c1C)c1ccccc1Cl. The molecule has 0 aliphatic carbocycles. The number of hydrogen-bond donors (Lipinski definition) is 2. The average Bonchev–Trinajstić information content (AvgIpc) is 2.87. The predicted molar refractivity (Wildman–Crippen MR) is 90.7 cm³/mol. The van der Waals surface area contributed by atoms with E-state index in [9.17, 15) is 4.79 Å². The first kappa shape index (κ1) is 17.5. The van der Waals surface area contributed by atoms with Crippen molar-refractivity contribution in [3.63, 3.8) is 0 Å². The molecule has 0 aliphatic rings. The van der Waals surface area contributed by atoms with Crippen molar-refractivity contribution in [1.29, 1.82) is 0 Å². The highest BCUT2D eigenvalue weighted by Gasteiger charge is 2.22. The van der Waals surface area contributed by atoms with Gasteiger partial charge in [-0.05, 0) is 26.8 Å². The second kappa shape index (κ2) is 7.62. The number of nitrogens with zero attached hydrogens (tertiary/aromatic N) is 1. The molecule has 0 saturated carbocycles. The van der Waals surface area contributed by atoms with Crippen molar-refractivity contribution in [1.82, 2.24) is 15.5 Å². The van der Waals surface area contributed by atoms with Gasteiger partial charge in [-0.25, -0.2) is 0 Å². The fourth-order valence-electron chi connectivity index (χ4n) is 2.73. The number of H-pyrrole nitrogens is 1. The van der Waals surface area contributed by atoms with Crippen LogP contribution >= 0.6 is 11.6 Å². The van der Waals surface area contributed by atoms with Gasteiger partial charge in [-0.3, -0.25) is 9.89 Å². The Labute approximate surface area is 141 Å². The monoisotopic (exact) mass is 335 g/mol. The molecule has 124 valence electrons. The van der Waals surface area contributed by atoms with Crippen molar-refractivity contribution in [2.75, 3.05) is 13.7 Å². The first-order chi connectivity index (χ1) is 11.0. The molecule has 2 aromatic rings. The molecule has 1 aromatic heterocycles. The summed E-state index contributed by atoms with van der Waals surface area (Å²) in [5.41, 5.74) is 3.56. The highest BCUT2D eigenvalue weighted by Crippen LogP contribution is 2.25. The van der Waals surface area contributed by atoms with Crippen LogP contribution in [0.5, 0.6) is 0 Å². The average molecular weight is 336 g/mol. The summed E-state index contributed by atoms with van der Waals surface area (Å²) >= 11 is 6.19. The maximum Gasteiger partial charge on any atom is 0.227 e. The summed E-state index contributed by atoms with van der Waals surface area (Å²) in [4.78, 5) is 12.4. The molecular formula is C17H22ClN3O2. The molecule has 2 N–H and O–H groups in total. The van der Waals surface area contributed by atoms with Crippen LogP contribution in [-0.4, -0.2) is 29.8 Å². The molecule has 0 spiro atoms. The van der Waals surface area contributed by atoms with E-state index in [4.69, 9.17) is 16.3 Å². The summed E-state index contributed by atoms with van der Waals surface area (Å²) in [6.07, 6.45) is -0.286. The molecular weight excluding hydrogens is 314 g/mol. The Hall–Kier alpha value is -1.85. The first-order valence-corrected chi connectivity index (χ1v) is 7.89. The third-order valence-corrected chi connectivity index (χ3v) is 4.35. The lowest BCUT2D eigenvalue weighted by atomic mass is 9.98. The van der Waals surface area contributed by atoms with Crippen LogP contribution in [0.3, 0.4) is 0 Å². The predicted octanol–water partition coefficient (Wildman–Crippen LogP) is 3.29. The Balaban J connectivity index is 2.04. The lowest BCUT2D eigenvalue weighted by molar-refractivity contribution is -0.122. The Kier molecular flexibility index (Phi) is 5.80. The van der Waals surface area contributed by atoms with Gasteiger partial charge in [0.1, 0.15) is 6.10 Å². The van der Waals surface area contributed by atoms with Gasteiger partial charge < -0.3 is 10.1 Å². The van der Waals surface area contributed by atoms with Crippen LogP contribution in [0.4, 0.5) is 0 Å². The van der Waals surface area contributed by atoms with Crippen LogP contribution in [0.15, 0.2) is 24.3 Å². The molecule has 2 atom stereocenters. The number of methoxy groups -OCH3 is 1. The van der Waals surface area contributed by atoms with E-state index in [1.807, 2.05) is 45.0 Å². The maximum absolute atomic E-state index is 12.4. The van der Waals surface area contributed by atoms with Crippen molar-refractivity contribution in [2.24, 2.45) is 0 Å². The number of carbonyl (C=O) groups is 1. The number of aryl methyl sites for hydroxylation is 2. The Bertz CT molecular complexity index is 665. The van der Waals surface area contributed by atoms with Crippen molar-refractivity contribution >= 4 is 17.5 Å². The molecule has 0 radical (unpaired) electrons. The lowest BCUT2D eigenvalue weighted by Gasteiger charge is -2.19. The van der Waals surface area contributed by atoms with Crippen molar-refractivity contribution in [3.8, 4) is 0 Å². The van der Waals surface area contributed by atoms with Gasteiger partial charge in [0, 0.05) is 35.5 Å². The summed E-state index contributed by atoms with van der Waals surface area (Å²) in [5, 5.41) is 10.6. The zero-order chi connectivity index (χ0) is 17.0. The van der Waals surface area contributed by atoms with E-state index >= 15 is 0 Å². The lowest BCUT2D eigenvalue weighted by Crippen LogP contribution is -2.32. The quantitative estimate of drug-likeness (QED) is 0.851. The minimum Gasteiger partial charge on any atom is -0.375 e. The van der Waals surface area contributed by atoms with Gasteiger partial charge >= 0.3 is 0 Å². The maximum atomic E-state index is 12.4. The number of carbonyl (C=O) groups excluding carboxylic acids is 1. The van der Waals surface area contributed by atoms with E-state index in [0.29, 0.717) is 11.6 Å². The summed E-state index contributed by atoms with van der Waals surface area (Å²) in [6.45, 7) is 6.04. The Morgan fingerprint density at radius 2 is 2.09 bits per heavy atom. The van der Waals surface area contributed by atoms with E-state index in [1.165, 1.54) is 0 Å². The molecule has 0 unspecified atom stereocenters. The second-order valence-electron chi connectivity index (χ2n) is 5.56. The highest BCUT2D eigenvalue weighted by atomic mass is 35.5. The molecule has 6 heteroatoms. The van der Waals surface area contributed by atoms with Crippen LogP contribution in [0.2, 0.25) is 5.02 Å². The molecule has 0 saturated heterocycles. The van der Waals surface area contributed by atoms with Gasteiger partial charge in [-0.2, -0.15) is 5.10 Å². The largest absolute Gasteiger partial charge is 0.375 e. The number of halogens is 1. The fraction of sp³-hybridized carbons (Fsp3) is 0.412. The molecule has 23 heavy (non-hydrogen) atoms. The van der Waals surface area contributed by atoms with Crippen molar-refractivity contribution in [2.45, 2.75) is 32.8 Å². The molecule has 2 rings (SSSR count). The van der Waals surface area contributed by atoms with Crippen molar-refractivity contribution in [3.05, 3.63) is 51.8 Å². The number of amides is 1. The highest BCUT2D eigenvalue weighted by molar-refractivity contribution is 6.31. The number of rotatable bonds is 6. The Morgan fingerprint density at radius 3 is 2.65 bits per heavy atom. The molecule has 1 heterocycles. The fourth-order valence-corrected chi connectivity index (χ4v) is 2.99. The van der Waals surface area contributed by atoms with Crippen LogP contribution in [-0.2, 0) is 9.53 Å². The number of aromatic nitrogens is 2. The van der Waals surface area contributed by atoms with E-state index in [2.05, 4.69) is 15.5 Å². The zero-order valence-corrected chi connectivity index (χ0v) is 14.6. The molecule has 5 nitrogen and oxygen atoms in total. The molecule has 0 fully saturated rings. The number of aromatic amines is 1. The van der Waals surface area contributed by atoms with Gasteiger partial charge in [-0.15, -0.1) is 0 Å². The summed E-state index contributed by atoms with van der Waals surface area (Å²) in [7, 11) is 1.61. The molecule has 1 amide bonds. The number of benzene rings is 1. The topological polar surface area (TPSA) is 67.0 Å². The second-order valence-corrected chi connectivity index (χ2v) is 5.97. The third-order valence-electron chi connectivity index (χ3n) is 4.01.